The van der Waals surface area contributed by atoms with Crippen LogP contribution in [0.25, 0.3) is 0 Å². The standard InChI is InChI=1S/C33H52O/c1-5-7-9-11-13-14-16-21-25-30-28(22-18-15-12-10-8-6-2)26-27-31(34)32(30)33(3,4)29-23-19-17-20-24-29/h17,19-20,23-24,26-27,34H,5-16,18,21-22,25H2,1-4H3. The van der Waals surface area contributed by atoms with Crippen LogP contribution in [0.3, 0.4) is 0 Å². The molecule has 1 N–H and O–H groups in total. The van der Waals surface area contributed by atoms with E-state index in [-0.39, 0.29) is 5.41 Å². The third-order valence-corrected chi connectivity index (χ3v) is 7.59. The molecule has 0 unspecified atom stereocenters. The number of hydrogen-bond acceptors (Lipinski definition) is 1. The molecule has 0 aliphatic rings. The molecule has 0 aliphatic carbocycles. The molecule has 0 aliphatic heterocycles. The summed E-state index contributed by atoms with van der Waals surface area (Å²) in [5.41, 5.74) is 5.12. The maximum atomic E-state index is 11.1. The van der Waals surface area contributed by atoms with Crippen molar-refractivity contribution in [2.45, 2.75) is 136 Å². The molecule has 0 amide bonds. The van der Waals surface area contributed by atoms with Crippen LogP contribution in [0.4, 0.5) is 0 Å². The van der Waals surface area contributed by atoms with Crippen molar-refractivity contribution < 1.29 is 5.11 Å². The topological polar surface area (TPSA) is 20.2 Å². The SMILES string of the molecule is CCCCCCCCCCc1c(CCCCCCCC)ccc(O)c1C(C)(C)c1ccccc1. The third kappa shape index (κ3) is 9.12. The van der Waals surface area contributed by atoms with Crippen molar-refractivity contribution in [1.82, 2.24) is 0 Å². The van der Waals surface area contributed by atoms with Crippen LogP contribution in [0, 0.1) is 0 Å². The van der Waals surface area contributed by atoms with E-state index in [1.54, 1.807) is 0 Å². The van der Waals surface area contributed by atoms with Gasteiger partial charge in [-0.3, -0.25) is 0 Å². The quantitative estimate of drug-likeness (QED) is 0.217. The van der Waals surface area contributed by atoms with E-state index in [9.17, 15) is 5.11 Å². The van der Waals surface area contributed by atoms with Crippen LogP contribution in [0.2, 0.25) is 0 Å². The molecule has 0 saturated carbocycles. The van der Waals surface area contributed by atoms with Crippen LogP contribution in [-0.4, -0.2) is 5.11 Å². The lowest BCUT2D eigenvalue weighted by Gasteiger charge is -2.31. The number of aryl methyl sites for hydroxylation is 1. The first-order chi connectivity index (χ1) is 16.5. The van der Waals surface area contributed by atoms with Gasteiger partial charge in [0.1, 0.15) is 5.75 Å². The fourth-order valence-corrected chi connectivity index (χ4v) is 5.43. The van der Waals surface area contributed by atoms with Crippen molar-refractivity contribution >= 4 is 0 Å². The fraction of sp³-hybridized carbons (Fsp3) is 0.636. The first-order valence-electron chi connectivity index (χ1n) is 14.4. The third-order valence-electron chi connectivity index (χ3n) is 7.59. The van der Waals surface area contributed by atoms with Crippen LogP contribution in [0.5, 0.6) is 5.75 Å². The molecule has 0 saturated heterocycles. The van der Waals surface area contributed by atoms with Crippen molar-refractivity contribution in [2.24, 2.45) is 0 Å². The molecule has 0 radical (unpaired) electrons. The number of aromatic hydroxyl groups is 1. The molecule has 2 aromatic carbocycles. The molecule has 0 spiro atoms. The van der Waals surface area contributed by atoms with Gasteiger partial charge >= 0.3 is 0 Å². The number of unbranched alkanes of at least 4 members (excludes halogenated alkanes) is 12. The van der Waals surface area contributed by atoms with Crippen molar-refractivity contribution in [1.29, 1.82) is 0 Å². The molecule has 2 rings (SSSR count). The molecular formula is C33H52O. The molecule has 0 heterocycles. The second-order valence-electron chi connectivity index (χ2n) is 10.8. The molecule has 2 aromatic rings. The highest BCUT2D eigenvalue weighted by molar-refractivity contribution is 5.53. The number of benzene rings is 2. The van der Waals surface area contributed by atoms with Gasteiger partial charge in [-0.25, -0.2) is 0 Å². The minimum atomic E-state index is -0.210. The summed E-state index contributed by atoms with van der Waals surface area (Å²) in [4.78, 5) is 0. The molecule has 0 aromatic heterocycles. The van der Waals surface area contributed by atoms with Crippen LogP contribution in [-0.2, 0) is 18.3 Å². The lowest BCUT2D eigenvalue weighted by Crippen LogP contribution is -2.22. The first kappa shape index (κ1) is 28.5. The summed E-state index contributed by atoms with van der Waals surface area (Å²) in [5, 5.41) is 11.1. The van der Waals surface area contributed by atoms with E-state index < -0.39 is 0 Å². The van der Waals surface area contributed by atoms with Crippen LogP contribution < -0.4 is 0 Å². The van der Waals surface area contributed by atoms with Gasteiger partial charge in [0.05, 0.1) is 0 Å². The number of phenols is 1. The molecule has 0 bridgehead atoms. The predicted molar refractivity (Wildman–Crippen MR) is 150 cm³/mol. The van der Waals surface area contributed by atoms with Gasteiger partial charge in [-0.1, -0.05) is 141 Å². The van der Waals surface area contributed by atoms with Gasteiger partial charge in [0, 0.05) is 11.0 Å². The second-order valence-corrected chi connectivity index (χ2v) is 10.8. The Kier molecular flexibility index (Phi) is 13.4. The average molecular weight is 465 g/mol. The van der Waals surface area contributed by atoms with Crippen LogP contribution in [0.1, 0.15) is 140 Å². The summed E-state index contributed by atoms with van der Waals surface area (Å²) >= 11 is 0. The Labute approximate surface area is 211 Å². The summed E-state index contributed by atoms with van der Waals surface area (Å²) in [6.45, 7) is 9.13. The van der Waals surface area contributed by atoms with E-state index in [4.69, 9.17) is 0 Å². The van der Waals surface area contributed by atoms with E-state index in [0.29, 0.717) is 5.75 Å². The Bertz CT molecular complexity index is 790. The lowest BCUT2D eigenvalue weighted by atomic mass is 9.73. The highest BCUT2D eigenvalue weighted by Crippen LogP contribution is 2.41. The van der Waals surface area contributed by atoms with Gasteiger partial charge in [0.15, 0.2) is 0 Å². The first-order valence-corrected chi connectivity index (χ1v) is 14.4. The minimum absolute atomic E-state index is 0.210. The van der Waals surface area contributed by atoms with E-state index in [1.807, 2.05) is 6.07 Å². The Hall–Kier alpha value is -1.76. The molecular weight excluding hydrogens is 412 g/mol. The highest BCUT2D eigenvalue weighted by Gasteiger charge is 2.30. The highest BCUT2D eigenvalue weighted by atomic mass is 16.3. The maximum Gasteiger partial charge on any atom is 0.119 e. The van der Waals surface area contributed by atoms with Gasteiger partial charge < -0.3 is 5.11 Å². The minimum Gasteiger partial charge on any atom is -0.508 e. The van der Waals surface area contributed by atoms with Crippen molar-refractivity contribution in [3.8, 4) is 5.75 Å². The summed E-state index contributed by atoms with van der Waals surface area (Å²) in [6.07, 6.45) is 20.9. The molecule has 0 atom stereocenters. The summed E-state index contributed by atoms with van der Waals surface area (Å²) in [5.74, 6) is 0.468. The molecule has 1 nitrogen and oxygen atoms in total. The Morgan fingerprint density at radius 1 is 0.588 bits per heavy atom. The van der Waals surface area contributed by atoms with Gasteiger partial charge in [-0.15, -0.1) is 0 Å². The van der Waals surface area contributed by atoms with Gasteiger partial charge in [-0.05, 0) is 48.4 Å². The monoisotopic (exact) mass is 464 g/mol. The summed E-state index contributed by atoms with van der Waals surface area (Å²) in [6, 6.07) is 14.9. The van der Waals surface area contributed by atoms with E-state index in [0.717, 1.165) is 18.4 Å². The number of rotatable bonds is 18. The summed E-state index contributed by atoms with van der Waals surface area (Å²) in [7, 11) is 0. The van der Waals surface area contributed by atoms with Crippen LogP contribution in [0.15, 0.2) is 42.5 Å². The zero-order valence-corrected chi connectivity index (χ0v) is 22.8. The molecule has 190 valence electrons. The number of phenolic OH excluding ortho intramolecular Hbond substituents is 1. The average Bonchev–Trinajstić information content (AvgIpc) is 2.84. The molecule has 0 fully saturated rings. The second kappa shape index (κ2) is 16.0. The zero-order valence-electron chi connectivity index (χ0n) is 22.8. The van der Waals surface area contributed by atoms with E-state index in [2.05, 4.69) is 64.1 Å². The Morgan fingerprint density at radius 3 is 1.65 bits per heavy atom. The lowest BCUT2D eigenvalue weighted by molar-refractivity contribution is 0.449. The van der Waals surface area contributed by atoms with Crippen molar-refractivity contribution in [3.63, 3.8) is 0 Å². The fourth-order valence-electron chi connectivity index (χ4n) is 5.43. The Balaban J connectivity index is 2.15. The van der Waals surface area contributed by atoms with E-state index >= 15 is 0 Å². The smallest absolute Gasteiger partial charge is 0.119 e. The summed E-state index contributed by atoms with van der Waals surface area (Å²) < 4.78 is 0. The van der Waals surface area contributed by atoms with Gasteiger partial charge in [-0.2, -0.15) is 0 Å². The molecule has 34 heavy (non-hydrogen) atoms. The van der Waals surface area contributed by atoms with Crippen molar-refractivity contribution in [3.05, 3.63) is 64.7 Å². The van der Waals surface area contributed by atoms with E-state index in [1.165, 1.54) is 107 Å². The number of hydrogen-bond donors (Lipinski definition) is 1. The normalized spacial score (nSPS) is 11.8. The van der Waals surface area contributed by atoms with Gasteiger partial charge in [0.25, 0.3) is 0 Å². The van der Waals surface area contributed by atoms with Gasteiger partial charge in [0.2, 0.25) is 0 Å². The predicted octanol–water partition coefficient (Wildman–Crippen LogP) is 10.3. The Morgan fingerprint density at radius 2 is 1.09 bits per heavy atom. The van der Waals surface area contributed by atoms with Crippen LogP contribution >= 0.6 is 0 Å². The maximum absolute atomic E-state index is 11.1. The largest absolute Gasteiger partial charge is 0.508 e. The van der Waals surface area contributed by atoms with Crippen molar-refractivity contribution in [2.75, 3.05) is 0 Å². The zero-order chi connectivity index (χ0) is 24.7. The molecule has 1 heteroatoms.